The Morgan fingerprint density at radius 1 is 0.549 bits per heavy atom. The third kappa shape index (κ3) is 5.98. The number of anilines is 2. The molecule has 0 atom stereocenters. The van der Waals surface area contributed by atoms with Crippen LogP contribution in [-0.2, 0) is 6.18 Å². The largest absolute Gasteiger partial charge is 0.507 e. The van der Waals surface area contributed by atoms with E-state index in [0.717, 1.165) is 29.8 Å². The van der Waals surface area contributed by atoms with Gasteiger partial charge in [0.2, 0.25) is 0 Å². The highest BCUT2D eigenvalue weighted by atomic mass is 19.4. The van der Waals surface area contributed by atoms with Gasteiger partial charge >= 0.3 is 6.18 Å². The van der Waals surface area contributed by atoms with Crippen LogP contribution in [0.2, 0.25) is 0 Å². The second kappa shape index (κ2) is 12.4. The number of amides is 2. The number of carbonyl (C=O) groups excluding carboxylic acids is 2. The highest BCUT2D eigenvalue weighted by Crippen LogP contribution is 2.51. The summed E-state index contributed by atoms with van der Waals surface area (Å²) in [5.74, 6) is -6.06. The third-order valence-electron chi connectivity index (χ3n) is 8.56. The van der Waals surface area contributed by atoms with Gasteiger partial charge in [0, 0.05) is 44.0 Å². The van der Waals surface area contributed by atoms with Crippen molar-refractivity contribution >= 4 is 44.7 Å². The smallest absolute Gasteiger partial charge is 0.416 e. The zero-order chi connectivity index (χ0) is 37.1. The first-order chi connectivity index (χ1) is 24.0. The van der Waals surface area contributed by atoms with Crippen LogP contribution < -0.4 is 10.6 Å². The summed E-state index contributed by atoms with van der Waals surface area (Å²) in [6.07, 6.45) is -4.69. The summed E-state index contributed by atoms with van der Waals surface area (Å²) in [4.78, 5) is 26.8. The fourth-order valence-corrected chi connectivity index (χ4v) is 6.23. The lowest BCUT2D eigenvalue weighted by atomic mass is 9.87. The number of benzene rings is 6. The Morgan fingerprint density at radius 3 is 1.41 bits per heavy atom. The van der Waals surface area contributed by atoms with Gasteiger partial charge in [-0.25, -0.2) is 0 Å². The van der Waals surface area contributed by atoms with Crippen molar-refractivity contribution < 1.29 is 53.4 Å². The van der Waals surface area contributed by atoms with Crippen LogP contribution in [-0.4, -0.2) is 42.5 Å². The van der Waals surface area contributed by atoms with Crippen molar-refractivity contribution in [3.8, 4) is 45.6 Å². The SMILES string of the molecule is Cc1cccc(NC(=O)c2c(O)c(O)cc3c(O)c(-c4c(C)cc5c(C(=O)Nc6cccc(C(F)(F)F)c6)c(O)c(O)cc5c4O)c(C)cc23)c1. The number of rotatable bonds is 5. The predicted molar refractivity (Wildman–Crippen MR) is 185 cm³/mol. The van der Waals surface area contributed by atoms with Crippen LogP contribution in [0.1, 0.15) is 43.0 Å². The van der Waals surface area contributed by atoms with E-state index >= 15 is 0 Å². The summed E-state index contributed by atoms with van der Waals surface area (Å²) < 4.78 is 39.8. The number of carbonyl (C=O) groups is 2. The second-order valence-electron chi connectivity index (χ2n) is 12.1. The van der Waals surface area contributed by atoms with Crippen molar-refractivity contribution in [2.24, 2.45) is 0 Å². The fraction of sp³-hybridized carbons (Fsp3) is 0.105. The fourth-order valence-electron chi connectivity index (χ4n) is 6.23. The zero-order valence-corrected chi connectivity index (χ0v) is 27.1. The molecule has 0 heterocycles. The molecule has 0 unspecified atom stereocenters. The molecule has 10 nitrogen and oxygen atoms in total. The van der Waals surface area contributed by atoms with Crippen molar-refractivity contribution in [1.29, 1.82) is 0 Å². The van der Waals surface area contributed by atoms with Crippen molar-refractivity contribution in [2.45, 2.75) is 26.9 Å². The molecule has 0 saturated carbocycles. The molecule has 51 heavy (non-hydrogen) atoms. The first-order valence-corrected chi connectivity index (χ1v) is 15.3. The van der Waals surface area contributed by atoms with Gasteiger partial charge in [-0.15, -0.1) is 0 Å². The Balaban J connectivity index is 1.50. The monoisotopic (exact) mass is 698 g/mol. The van der Waals surface area contributed by atoms with Crippen LogP contribution in [0.5, 0.6) is 34.5 Å². The van der Waals surface area contributed by atoms with Crippen molar-refractivity contribution in [3.05, 3.63) is 106 Å². The van der Waals surface area contributed by atoms with E-state index in [4.69, 9.17) is 0 Å². The molecule has 2 amide bonds. The number of halogens is 3. The standard InChI is InChI=1S/C38H29F3N2O8/c1-16-6-4-8-20(10-16)42-36(50)30-22-11-17(2)28(32(46)24(22)14-26(44)34(30)48)29-18(3)12-23-25(33(29)47)15-27(45)35(49)31(23)37(51)43-21-9-5-7-19(13-21)38(39,40)41/h4-15,44-49H,1-3H3,(H,42,50)(H,43,51). The van der Waals surface area contributed by atoms with E-state index in [-0.39, 0.29) is 49.5 Å². The molecule has 6 aromatic rings. The molecule has 13 heteroatoms. The van der Waals surface area contributed by atoms with Gasteiger partial charge < -0.3 is 41.3 Å². The Hall–Kier alpha value is -6.63. The van der Waals surface area contributed by atoms with Gasteiger partial charge in [-0.05, 0) is 92.1 Å². The molecule has 0 bridgehead atoms. The third-order valence-corrected chi connectivity index (χ3v) is 8.56. The van der Waals surface area contributed by atoms with Gasteiger partial charge in [-0.1, -0.05) is 18.2 Å². The summed E-state index contributed by atoms with van der Waals surface area (Å²) in [5.41, 5.74) is -0.267. The quantitative estimate of drug-likeness (QED) is 0.0828. The Morgan fingerprint density at radius 2 is 0.980 bits per heavy atom. The zero-order valence-electron chi connectivity index (χ0n) is 27.1. The Kier molecular flexibility index (Phi) is 8.30. The Bertz CT molecular complexity index is 2460. The summed E-state index contributed by atoms with van der Waals surface area (Å²) >= 11 is 0. The van der Waals surface area contributed by atoms with Crippen LogP contribution in [0.15, 0.2) is 72.8 Å². The highest BCUT2D eigenvalue weighted by Gasteiger charge is 2.31. The molecule has 8 N–H and O–H groups in total. The summed E-state index contributed by atoms with van der Waals surface area (Å²) in [6.45, 7) is 4.90. The lowest BCUT2D eigenvalue weighted by Gasteiger charge is -2.20. The van der Waals surface area contributed by atoms with Gasteiger partial charge in [0.05, 0.1) is 16.7 Å². The van der Waals surface area contributed by atoms with E-state index in [2.05, 4.69) is 10.6 Å². The average molecular weight is 699 g/mol. The number of hydrogen-bond donors (Lipinski definition) is 8. The van der Waals surface area contributed by atoms with E-state index < -0.39 is 63.6 Å². The molecule has 260 valence electrons. The molecule has 0 aromatic heterocycles. The maximum atomic E-state index is 13.4. The molecule has 0 aliphatic heterocycles. The minimum atomic E-state index is -4.69. The van der Waals surface area contributed by atoms with E-state index in [9.17, 15) is 53.4 Å². The second-order valence-corrected chi connectivity index (χ2v) is 12.1. The maximum Gasteiger partial charge on any atom is 0.416 e. The number of nitrogens with one attached hydrogen (secondary N) is 2. The van der Waals surface area contributed by atoms with E-state index in [1.54, 1.807) is 25.1 Å². The first-order valence-electron chi connectivity index (χ1n) is 15.3. The minimum absolute atomic E-state index is 0.0204. The van der Waals surface area contributed by atoms with Crippen LogP contribution >= 0.6 is 0 Å². The summed E-state index contributed by atoms with van der Waals surface area (Å²) in [6, 6.07) is 15.6. The van der Waals surface area contributed by atoms with Crippen LogP contribution in [0, 0.1) is 20.8 Å². The summed E-state index contributed by atoms with van der Waals surface area (Å²) in [5, 5.41) is 70.8. The van der Waals surface area contributed by atoms with Crippen LogP contribution in [0.25, 0.3) is 32.7 Å². The lowest BCUT2D eigenvalue weighted by molar-refractivity contribution is -0.137. The van der Waals surface area contributed by atoms with Crippen molar-refractivity contribution in [3.63, 3.8) is 0 Å². The number of phenolic OH excluding ortho intramolecular Hbond substituents is 6. The number of alkyl halides is 3. The van der Waals surface area contributed by atoms with Gasteiger partial charge in [0.15, 0.2) is 23.0 Å². The molecular formula is C38H29F3N2O8. The van der Waals surface area contributed by atoms with E-state index in [1.807, 2.05) is 13.0 Å². The van der Waals surface area contributed by atoms with Crippen LogP contribution in [0.3, 0.4) is 0 Å². The Labute approximate surface area is 287 Å². The number of aromatic hydroxyl groups is 6. The molecule has 0 aliphatic rings. The van der Waals surface area contributed by atoms with Crippen molar-refractivity contribution in [2.75, 3.05) is 10.6 Å². The van der Waals surface area contributed by atoms with E-state index in [0.29, 0.717) is 17.3 Å². The lowest BCUT2D eigenvalue weighted by Crippen LogP contribution is -2.14. The number of aryl methyl sites for hydroxylation is 3. The van der Waals surface area contributed by atoms with Crippen molar-refractivity contribution in [1.82, 2.24) is 0 Å². The maximum absolute atomic E-state index is 13.4. The number of fused-ring (bicyclic) bond motifs is 2. The van der Waals surface area contributed by atoms with Gasteiger partial charge in [-0.3, -0.25) is 9.59 Å². The minimum Gasteiger partial charge on any atom is -0.507 e. The predicted octanol–water partition coefficient (Wildman–Crippen LogP) is 8.34. The van der Waals surface area contributed by atoms with Crippen LogP contribution in [0.4, 0.5) is 24.5 Å². The molecule has 0 fully saturated rings. The van der Waals surface area contributed by atoms with Gasteiger partial charge in [-0.2, -0.15) is 13.2 Å². The van der Waals surface area contributed by atoms with Gasteiger partial charge in [0.25, 0.3) is 11.8 Å². The topological polar surface area (TPSA) is 180 Å². The molecular weight excluding hydrogens is 669 g/mol. The molecule has 6 aromatic carbocycles. The highest BCUT2D eigenvalue weighted by molar-refractivity contribution is 6.19. The average Bonchev–Trinajstić information content (AvgIpc) is 3.04. The molecule has 0 saturated heterocycles. The normalized spacial score (nSPS) is 11.6. The van der Waals surface area contributed by atoms with E-state index in [1.165, 1.54) is 25.1 Å². The first kappa shape index (κ1) is 34.2. The number of phenols is 6. The number of hydrogen-bond acceptors (Lipinski definition) is 8. The summed E-state index contributed by atoms with van der Waals surface area (Å²) in [7, 11) is 0. The van der Waals surface area contributed by atoms with Gasteiger partial charge in [0.1, 0.15) is 11.5 Å². The molecule has 0 radical (unpaired) electrons. The molecule has 6 rings (SSSR count). The molecule has 0 aliphatic carbocycles. The molecule has 0 spiro atoms.